The summed E-state index contributed by atoms with van der Waals surface area (Å²) in [7, 11) is -3.80. The van der Waals surface area contributed by atoms with E-state index in [-0.39, 0.29) is 12.2 Å². The molecular weight excluding hydrogens is 263 g/mol. The van der Waals surface area contributed by atoms with Crippen LogP contribution in [0.5, 0.6) is 0 Å². The molecular formula is C11H11FO5S. The quantitative estimate of drug-likeness (QED) is 0.892. The molecule has 0 spiro atoms. The van der Waals surface area contributed by atoms with Gasteiger partial charge < -0.3 is 9.84 Å². The number of ether oxygens (including phenoxy) is 1. The van der Waals surface area contributed by atoms with Gasteiger partial charge in [-0.15, -0.1) is 0 Å². The molecule has 1 aromatic rings. The zero-order valence-electron chi connectivity index (χ0n) is 9.30. The van der Waals surface area contributed by atoms with Gasteiger partial charge in [0.1, 0.15) is 10.7 Å². The van der Waals surface area contributed by atoms with E-state index in [1.165, 1.54) is 0 Å². The first kappa shape index (κ1) is 13.0. The van der Waals surface area contributed by atoms with Gasteiger partial charge in [0.05, 0.1) is 17.4 Å². The summed E-state index contributed by atoms with van der Waals surface area (Å²) in [6, 6.07) is 2.78. The summed E-state index contributed by atoms with van der Waals surface area (Å²) in [5, 5.41) is 7.92. The maximum atomic E-state index is 13.7. The van der Waals surface area contributed by atoms with Gasteiger partial charge in [-0.2, -0.15) is 0 Å². The first-order chi connectivity index (χ1) is 8.43. The molecule has 1 fully saturated rings. The third-order valence-corrected chi connectivity index (χ3v) is 5.01. The zero-order chi connectivity index (χ0) is 13.3. The lowest BCUT2D eigenvalue weighted by Crippen LogP contribution is -2.22. The first-order valence-electron chi connectivity index (χ1n) is 5.27. The van der Waals surface area contributed by atoms with Crippen molar-refractivity contribution in [2.24, 2.45) is 0 Å². The van der Waals surface area contributed by atoms with Gasteiger partial charge in [0.2, 0.25) is 0 Å². The van der Waals surface area contributed by atoms with Crippen LogP contribution in [0.3, 0.4) is 0 Å². The normalized spacial score (nSPS) is 19.9. The van der Waals surface area contributed by atoms with E-state index in [4.69, 9.17) is 9.84 Å². The Labute approximate surface area is 103 Å². The van der Waals surface area contributed by atoms with Gasteiger partial charge in [-0.1, -0.05) is 0 Å². The van der Waals surface area contributed by atoms with E-state index in [2.05, 4.69) is 0 Å². The lowest BCUT2D eigenvalue weighted by molar-refractivity contribution is 0.0696. The topological polar surface area (TPSA) is 80.7 Å². The van der Waals surface area contributed by atoms with E-state index in [0.29, 0.717) is 19.1 Å². The van der Waals surface area contributed by atoms with E-state index < -0.39 is 31.8 Å². The van der Waals surface area contributed by atoms with Crippen LogP contribution >= 0.6 is 0 Å². The van der Waals surface area contributed by atoms with Gasteiger partial charge in [-0.3, -0.25) is 0 Å². The summed E-state index contributed by atoms with van der Waals surface area (Å²) in [6.45, 7) is 0.376. The number of hydrogen-bond acceptors (Lipinski definition) is 4. The van der Waals surface area contributed by atoms with Crippen molar-refractivity contribution in [2.45, 2.75) is 16.6 Å². The van der Waals surface area contributed by atoms with Crippen LogP contribution < -0.4 is 0 Å². The minimum Gasteiger partial charge on any atom is -0.478 e. The van der Waals surface area contributed by atoms with Crippen LogP contribution in [-0.2, 0) is 14.6 Å². The van der Waals surface area contributed by atoms with Crippen molar-refractivity contribution in [1.82, 2.24) is 0 Å². The average molecular weight is 274 g/mol. The number of hydrogen-bond donors (Lipinski definition) is 1. The summed E-state index contributed by atoms with van der Waals surface area (Å²) in [4.78, 5) is 10.2. The van der Waals surface area contributed by atoms with Crippen molar-refractivity contribution >= 4 is 15.8 Å². The van der Waals surface area contributed by atoms with E-state index >= 15 is 0 Å². The fourth-order valence-electron chi connectivity index (χ4n) is 1.80. The van der Waals surface area contributed by atoms with Gasteiger partial charge in [-0.25, -0.2) is 17.6 Å². The Morgan fingerprint density at radius 1 is 1.44 bits per heavy atom. The molecule has 0 radical (unpaired) electrons. The molecule has 1 saturated heterocycles. The molecule has 0 bridgehead atoms. The molecule has 18 heavy (non-hydrogen) atoms. The molecule has 0 amide bonds. The molecule has 1 N–H and O–H groups in total. The van der Waals surface area contributed by atoms with Gasteiger partial charge in [0.25, 0.3) is 0 Å². The molecule has 7 heteroatoms. The molecule has 1 aliphatic heterocycles. The van der Waals surface area contributed by atoms with Crippen LogP contribution in [0.25, 0.3) is 0 Å². The largest absolute Gasteiger partial charge is 0.478 e. The van der Waals surface area contributed by atoms with Gasteiger partial charge in [-0.05, 0) is 24.6 Å². The fourth-order valence-corrected chi connectivity index (χ4v) is 3.43. The SMILES string of the molecule is O=C(O)c1ccc(S(=O)(=O)C2CCOC2)c(F)c1. The van der Waals surface area contributed by atoms with Crippen LogP contribution in [0.4, 0.5) is 4.39 Å². The third-order valence-electron chi connectivity index (χ3n) is 2.81. The number of rotatable bonds is 3. The summed E-state index contributed by atoms with van der Waals surface area (Å²) in [6.07, 6.45) is 0.322. The molecule has 5 nitrogen and oxygen atoms in total. The smallest absolute Gasteiger partial charge is 0.335 e. The van der Waals surface area contributed by atoms with Crippen molar-refractivity contribution in [1.29, 1.82) is 0 Å². The van der Waals surface area contributed by atoms with Crippen LogP contribution in [0, 0.1) is 5.82 Å². The number of benzene rings is 1. The van der Waals surface area contributed by atoms with Crippen LogP contribution in [0.2, 0.25) is 0 Å². The second kappa shape index (κ2) is 4.66. The molecule has 1 aromatic carbocycles. The minimum absolute atomic E-state index is 0.0441. The first-order valence-corrected chi connectivity index (χ1v) is 6.82. The molecule has 1 atom stereocenters. The predicted molar refractivity (Wildman–Crippen MR) is 59.8 cm³/mol. The highest BCUT2D eigenvalue weighted by Gasteiger charge is 2.33. The van der Waals surface area contributed by atoms with Crippen molar-refractivity contribution in [3.8, 4) is 0 Å². The lowest BCUT2D eigenvalue weighted by atomic mass is 10.2. The second-order valence-corrected chi connectivity index (χ2v) is 6.18. The monoisotopic (exact) mass is 274 g/mol. The predicted octanol–water partition coefficient (Wildman–Crippen LogP) is 1.09. The Hall–Kier alpha value is -1.47. The van der Waals surface area contributed by atoms with Gasteiger partial charge in [0, 0.05) is 6.61 Å². The van der Waals surface area contributed by atoms with Crippen LogP contribution in [0.15, 0.2) is 23.1 Å². The molecule has 1 unspecified atom stereocenters. The Bertz CT molecular complexity index is 575. The molecule has 0 aliphatic carbocycles. The van der Waals surface area contributed by atoms with E-state index in [9.17, 15) is 17.6 Å². The molecule has 0 aromatic heterocycles. The summed E-state index contributed by atoms with van der Waals surface area (Å²) >= 11 is 0. The second-order valence-electron chi connectivity index (χ2n) is 3.98. The summed E-state index contributed by atoms with van der Waals surface area (Å²) in [5.74, 6) is -2.34. The Kier molecular flexibility index (Phi) is 3.36. The Morgan fingerprint density at radius 2 is 2.17 bits per heavy atom. The maximum absolute atomic E-state index is 13.7. The van der Waals surface area contributed by atoms with E-state index in [1.54, 1.807) is 0 Å². The number of halogens is 1. The highest BCUT2D eigenvalue weighted by atomic mass is 32.2. The Morgan fingerprint density at radius 3 is 2.67 bits per heavy atom. The average Bonchev–Trinajstić information content (AvgIpc) is 2.82. The minimum atomic E-state index is -3.80. The van der Waals surface area contributed by atoms with Crippen LogP contribution in [0.1, 0.15) is 16.8 Å². The van der Waals surface area contributed by atoms with Crippen molar-refractivity contribution in [3.05, 3.63) is 29.6 Å². The van der Waals surface area contributed by atoms with Crippen LogP contribution in [-0.4, -0.2) is 38.0 Å². The summed E-state index contributed by atoms with van der Waals surface area (Å²) < 4.78 is 42.8. The van der Waals surface area contributed by atoms with Crippen molar-refractivity contribution in [3.63, 3.8) is 0 Å². The number of aromatic carboxylic acids is 1. The fraction of sp³-hybridized carbons (Fsp3) is 0.364. The molecule has 98 valence electrons. The lowest BCUT2D eigenvalue weighted by Gasteiger charge is -2.10. The summed E-state index contributed by atoms with van der Waals surface area (Å²) in [5.41, 5.74) is -0.283. The number of carboxylic acids is 1. The number of carbonyl (C=O) groups is 1. The van der Waals surface area contributed by atoms with Crippen molar-refractivity contribution in [2.75, 3.05) is 13.2 Å². The van der Waals surface area contributed by atoms with E-state index in [1.807, 2.05) is 0 Å². The standard InChI is InChI=1S/C11H11FO5S/c12-9-5-7(11(13)14)1-2-10(9)18(15,16)8-3-4-17-6-8/h1-2,5,8H,3-4,6H2,(H,13,14). The molecule has 0 saturated carbocycles. The number of carboxylic acid groups (broad SMARTS) is 1. The Balaban J connectivity index is 2.42. The molecule has 2 rings (SSSR count). The highest BCUT2D eigenvalue weighted by Crippen LogP contribution is 2.25. The molecule has 1 heterocycles. The highest BCUT2D eigenvalue weighted by molar-refractivity contribution is 7.92. The zero-order valence-corrected chi connectivity index (χ0v) is 10.1. The molecule has 1 aliphatic rings. The third kappa shape index (κ3) is 2.23. The van der Waals surface area contributed by atoms with Crippen molar-refractivity contribution < 1.29 is 27.4 Å². The maximum Gasteiger partial charge on any atom is 0.335 e. The number of sulfone groups is 1. The van der Waals surface area contributed by atoms with Gasteiger partial charge in [0.15, 0.2) is 9.84 Å². The van der Waals surface area contributed by atoms with Gasteiger partial charge >= 0.3 is 5.97 Å². The van der Waals surface area contributed by atoms with E-state index in [0.717, 1.165) is 12.1 Å².